The standard InChI is InChI=1S/C30H29F6N3O2.ClH/c1-28(27(37)41,21-14-22(29(31,32)33)16-23(15-21)30(34,35)36)18-20-8-9-24(39-12-10-38(2)11-13-39)17-25(20)26(40)19-6-4-3-5-7-19;/h3-9,14-17H,10-13,18H2,1-2H3,(H2,37,41);1H. The molecule has 3 aromatic carbocycles. The number of nitrogens with zero attached hydrogens (tertiary/aromatic N) is 2. The zero-order chi connectivity index (χ0) is 30.2. The van der Waals surface area contributed by atoms with E-state index in [0.717, 1.165) is 18.8 Å². The summed E-state index contributed by atoms with van der Waals surface area (Å²) in [7, 11) is 1.99. The third-order valence-corrected chi connectivity index (χ3v) is 7.56. The van der Waals surface area contributed by atoms with Crippen molar-refractivity contribution in [2.45, 2.75) is 31.1 Å². The van der Waals surface area contributed by atoms with Crippen molar-refractivity contribution < 1.29 is 35.9 Å². The van der Waals surface area contributed by atoms with Crippen molar-refractivity contribution in [3.63, 3.8) is 0 Å². The number of carbonyl (C=O) groups excluding carboxylic acids is 2. The van der Waals surface area contributed by atoms with Crippen LogP contribution in [0.5, 0.6) is 0 Å². The molecule has 0 aliphatic carbocycles. The number of alkyl halides is 6. The van der Waals surface area contributed by atoms with Crippen LogP contribution in [0.2, 0.25) is 0 Å². The second-order valence-electron chi connectivity index (χ2n) is 10.5. The van der Waals surface area contributed by atoms with E-state index in [1.807, 2.05) is 7.05 Å². The van der Waals surface area contributed by atoms with Crippen molar-refractivity contribution in [1.29, 1.82) is 0 Å². The van der Waals surface area contributed by atoms with Gasteiger partial charge < -0.3 is 15.5 Å². The maximum atomic E-state index is 13.7. The van der Waals surface area contributed by atoms with Crippen LogP contribution in [0.25, 0.3) is 0 Å². The second kappa shape index (κ2) is 12.3. The smallest absolute Gasteiger partial charge is 0.369 e. The third-order valence-electron chi connectivity index (χ3n) is 7.56. The summed E-state index contributed by atoms with van der Waals surface area (Å²) in [6, 6.07) is 14.3. The predicted octanol–water partition coefficient (Wildman–Crippen LogP) is 6.11. The first kappa shape index (κ1) is 32.9. The van der Waals surface area contributed by atoms with Gasteiger partial charge in [0, 0.05) is 43.0 Å². The Labute approximate surface area is 245 Å². The number of likely N-dealkylation sites (N-methyl/N-ethyl adjacent to an activating group) is 1. The maximum absolute atomic E-state index is 13.7. The number of anilines is 1. The topological polar surface area (TPSA) is 66.6 Å². The molecule has 4 rings (SSSR count). The van der Waals surface area contributed by atoms with Crippen LogP contribution in [-0.4, -0.2) is 49.8 Å². The number of halogens is 7. The molecule has 42 heavy (non-hydrogen) atoms. The van der Waals surface area contributed by atoms with Crippen LogP contribution in [0.1, 0.15) is 45.1 Å². The number of rotatable bonds is 7. The summed E-state index contributed by atoms with van der Waals surface area (Å²) in [5.41, 5.74) is 1.52. The molecule has 0 spiro atoms. The molecule has 0 radical (unpaired) electrons. The van der Waals surface area contributed by atoms with Gasteiger partial charge in [-0.1, -0.05) is 36.4 Å². The number of benzene rings is 3. The van der Waals surface area contributed by atoms with E-state index in [9.17, 15) is 35.9 Å². The number of carbonyl (C=O) groups is 2. The lowest BCUT2D eigenvalue weighted by atomic mass is 9.74. The molecule has 5 nitrogen and oxygen atoms in total. The molecule has 1 heterocycles. The Morgan fingerprint density at radius 2 is 1.31 bits per heavy atom. The molecule has 12 heteroatoms. The van der Waals surface area contributed by atoms with Gasteiger partial charge in [-0.2, -0.15) is 26.3 Å². The van der Waals surface area contributed by atoms with Gasteiger partial charge in [0.15, 0.2) is 5.78 Å². The second-order valence-corrected chi connectivity index (χ2v) is 10.5. The van der Waals surface area contributed by atoms with Gasteiger partial charge in [0.05, 0.1) is 16.5 Å². The van der Waals surface area contributed by atoms with Gasteiger partial charge in [-0.25, -0.2) is 0 Å². The first-order chi connectivity index (χ1) is 19.1. The van der Waals surface area contributed by atoms with Crippen LogP contribution in [0, 0.1) is 0 Å². The number of hydrogen-bond acceptors (Lipinski definition) is 4. The number of nitrogens with two attached hydrogens (primary N) is 1. The van der Waals surface area contributed by atoms with Crippen LogP contribution in [0.15, 0.2) is 66.7 Å². The minimum atomic E-state index is -5.10. The maximum Gasteiger partial charge on any atom is 0.416 e. The monoisotopic (exact) mass is 613 g/mol. The highest BCUT2D eigenvalue weighted by Crippen LogP contribution is 2.40. The number of hydrogen-bond donors (Lipinski definition) is 1. The largest absolute Gasteiger partial charge is 0.416 e. The normalized spacial score (nSPS) is 16.0. The van der Waals surface area contributed by atoms with Crippen molar-refractivity contribution in [2.24, 2.45) is 5.73 Å². The lowest BCUT2D eigenvalue weighted by molar-refractivity contribution is -0.143. The van der Waals surface area contributed by atoms with E-state index in [1.54, 1.807) is 48.5 Å². The van der Waals surface area contributed by atoms with E-state index in [4.69, 9.17) is 5.73 Å². The van der Waals surface area contributed by atoms with Gasteiger partial charge in [-0.05, 0) is 61.9 Å². The summed E-state index contributed by atoms with van der Waals surface area (Å²) in [5.74, 6) is -1.53. The first-order valence-electron chi connectivity index (χ1n) is 12.9. The summed E-state index contributed by atoms with van der Waals surface area (Å²) >= 11 is 0. The van der Waals surface area contributed by atoms with Gasteiger partial charge in [0.1, 0.15) is 0 Å². The Morgan fingerprint density at radius 1 is 0.786 bits per heavy atom. The molecular formula is C30H30ClF6N3O2. The predicted molar refractivity (Wildman–Crippen MR) is 150 cm³/mol. The average molecular weight is 614 g/mol. The van der Waals surface area contributed by atoms with Crippen molar-refractivity contribution in [2.75, 3.05) is 38.1 Å². The molecule has 1 saturated heterocycles. The van der Waals surface area contributed by atoms with Crippen molar-refractivity contribution >= 4 is 29.8 Å². The van der Waals surface area contributed by atoms with Gasteiger partial charge in [0.25, 0.3) is 0 Å². The van der Waals surface area contributed by atoms with Gasteiger partial charge in [-0.15, -0.1) is 12.4 Å². The molecule has 1 unspecified atom stereocenters. The molecule has 226 valence electrons. The van der Waals surface area contributed by atoms with Gasteiger partial charge in [0.2, 0.25) is 5.91 Å². The number of piperazine rings is 1. The zero-order valence-corrected chi connectivity index (χ0v) is 23.7. The Balaban J connectivity index is 0.00000484. The fourth-order valence-corrected chi connectivity index (χ4v) is 4.92. The Kier molecular flexibility index (Phi) is 9.68. The molecule has 1 aliphatic heterocycles. The Bertz CT molecular complexity index is 1400. The summed E-state index contributed by atoms with van der Waals surface area (Å²) in [6.45, 7) is 4.16. The molecule has 0 saturated carbocycles. The van der Waals surface area contributed by atoms with E-state index in [2.05, 4.69) is 9.80 Å². The molecule has 0 aromatic heterocycles. The van der Waals surface area contributed by atoms with Crippen LogP contribution in [0.3, 0.4) is 0 Å². The summed E-state index contributed by atoms with van der Waals surface area (Å²) in [5, 5.41) is 0. The molecule has 1 fully saturated rings. The molecule has 1 atom stereocenters. The van der Waals surface area contributed by atoms with Gasteiger partial charge >= 0.3 is 12.4 Å². The van der Waals surface area contributed by atoms with Crippen molar-refractivity contribution in [1.82, 2.24) is 4.90 Å². The quantitative estimate of drug-likeness (QED) is 0.258. The number of primary amides is 1. The minimum absolute atomic E-state index is 0. The highest BCUT2D eigenvalue weighted by atomic mass is 35.5. The first-order valence-corrected chi connectivity index (χ1v) is 12.9. The SMILES string of the molecule is CN1CCN(c2ccc(CC(C)(C(N)=O)c3cc(C(F)(F)F)cc(C(F)(F)F)c3)c(C(=O)c3ccccc3)c2)CC1.Cl. The Hall–Kier alpha value is -3.57. The molecule has 1 aliphatic rings. The summed E-state index contributed by atoms with van der Waals surface area (Å²) in [4.78, 5) is 30.7. The van der Waals surface area contributed by atoms with Crippen LogP contribution < -0.4 is 10.6 Å². The highest BCUT2D eigenvalue weighted by molar-refractivity contribution is 6.10. The third kappa shape index (κ3) is 7.07. The van der Waals surface area contributed by atoms with Crippen LogP contribution in [0.4, 0.5) is 32.0 Å². The van der Waals surface area contributed by atoms with Crippen LogP contribution >= 0.6 is 12.4 Å². The molecule has 1 amide bonds. The fourth-order valence-electron chi connectivity index (χ4n) is 4.92. The average Bonchev–Trinajstić information content (AvgIpc) is 2.92. The zero-order valence-electron chi connectivity index (χ0n) is 22.9. The van der Waals surface area contributed by atoms with Gasteiger partial charge in [-0.3, -0.25) is 9.59 Å². The lowest BCUT2D eigenvalue weighted by Gasteiger charge is -2.34. The number of ketones is 1. The summed E-state index contributed by atoms with van der Waals surface area (Å²) in [6.07, 6.45) is -10.6. The summed E-state index contributed by atoms with van der Waals surface area (Å²) < 4.78 is 81.7. The van der Waals surface area contributed by atoms with E-state index in [0.29, 0.717) is 30.8 Å². The van der Waals surface area contributed by atoms with E-state index in [-0.39, 0.29) is 29.6 Å². The number of amides is 1. The molecule has 2 N–H and O–H groups in total. The lowest BCUT2D eigenvalue weighted by Crippen LogP contribution is -2.44. The highest BCUT2D eigenvalue weighted by Gasteiger charge is 2.42. The fraction of sp³-hybridized carbons (Fsp3) is 0.333. The molecular weight excluding hydrogens is 584 g/mol. The molecule has 3 aromatic rings. The van der Waals surface area contributed by atoms with Crippen molar-refractivity contribution in [3.8, 4) is 0 Å². The van der Waals surface area contributed by atoms with Crippen LogP contribution in [-0.2, 0) is 29.0 Å². The minimum Gasteiger partial charge on any atom is -0.369 e. The Morgan fingerprint density at radius 3 is 1.81 bits per heavy atom. The molecule has 0 bridgehead atoms. The van der Waals surface area contributed by atoms with E-state index >= 15 is 0 Å². The van der Waals surface area contributed by atoms with Crippen molar-refractivity contribution in [3.05, 3.63) is 100 Å². The van der Waals surface area contributed by atoms with E-state index in [1.165, 1.54) is 6.92 Å². The van der Waals surface area contributed by atoms with E-state index < -0.39 is 52.6 Å².